The average Bonchev–Trinajstić information content (AvgIpc) is 2.57. The largest absolute Gasteiger partial charge is 0.395 e. The number of aliphatic hydroxyl groups excluding tert-OH is 1. The molecular formula is C10H21NO2. The molecule has 0 amide bonds. The van der Waals surface area contributed by atoms with E-state index in [1.165, 1.54) is 0 Å². The van der Waals surface area contributed by atoms with E-state index in [1.54, 1.807) is 0 Å². The van der Waals surface area contributed by atoms with Crippen LogP contribution in [0, 0.1) is 11.8 Å². The van der Waals surface area contributed by atoms with Crippen LogP contribution in [0.1, 0.15) is 20.3 Å². The summed E-state index contributed by atoms with van der Waals surface area (Å²) < 4.78 is 5.28. The lowest BCUT2D eigenvalue weighted by atomic mass is 10.0. The molecule has 0 aliphatic carbocycles. The third-order valence-electron chi connectivity index (χ3n) is 2.69. The Morgan fingerprint density at radius 3 is 2.77 bits per heavy atom. The highest BCUT2D eigenvalue weighted by atomic mass is 16.5. The summed E-state index contributed by atoms with van der Waals surface area (Å²) >= 11 is 0. The molecule has 0 aromatic carbocycles. The lowest BCUT2D eigenvalue weighted by Crippen LogP contribution is -2.39. The monoisotopic (exact) mass is 187 g/mol. The zero-order valence-electron chi connectivity index (χ0n) is 8.62. The second-order valence-corrected chi connectivity index (χ2v) is 4.17. The van der Waals surface area contributed by atoms with Gasteiger partial charge in [-0.25, -0.2) is 0 Å². The molecule has 3 nitrogen and oxygen atoms in total. The van der Waals surface area contributed by atoms with Crippen molar-refractivity contribution in [3.05, 3.63) is 0 Å². The maximum absolute atomic E-state index is 9.08. The maximum Gasteiger partial charge on any atom is 0.0587 e. The summed E-state index contributed by atoms with van der Waals surface area (Å²) in [5, 5.41) is 12.5. The molecule has 1 aliphatic heterocycles. The van der Waals surface area contributed by atoms with E-state index < -0.39 is 0 Å². The van der Waals surface area contributed by atoms with E-state index in [1.807, 2.05) is 0 Å². The van der Waals surface area contributed by atoms with Crippen molar-refractivity contribution in [3.63, 3.8) is 0 Å². The van der Waals surface area contributed by atoms with E-state index in [0.717, 1.165) is 26.2 Å². The predicted molar refractivity (Wildman–Crippen MR) is 52.6 cm³/mol. The molecule has 2 N–H and O–H groups in total. The van der Waals surface area contributed by atoms with E-state index in [4.69, 9.17) is 9.84 Å². The Hall–Kier alpha value is -0.120. The van der Waals surface area contributed by atoms with Crippen LogP contribution < -0.4 is 5.32 Å². The third-order valence-corrected chi connectivity index (χ3v) is 2.69. The molecule has 0 aromatic rings. The fourth-order valence-electron chi connectivity index (χ4n) is 1.57. The minimum Gasteiger partial charge on any atom is -0.395 e. The van der Waals surface area contributed by atoms with Crippen molar-refractivity contribution in [2.75, 3.05) is 26.4 Å². The maximum atomic E-state index is 9.08. The van der Waals surface area contributed by atoms with Gasteiger partial charge in [0.2, 0.25) is 0 Å². The number of hydrogen-bond acceptors (Lipinski definition) is 3. The van der Waals surface area contributed by atoms with Crippen molar-refractivity contribution in [3.8, 4) is 0 Å². The lowest BCUT2D eigenvalue weighted by Gasteiger charge is -2.21. The number of nitrogens with one attached hydrogen (secondary N) is 1. The van der Waals surface area contributed by atoms with E-state index in [2.05, 4.69) is 19.2 Å². The van der Waals surface area contributed by atoms with Gasteiger partial charge in [-0.15, -0.1) is 0 Å². The van der Waals surface area contributed by atoms with Crippen molar-refractivity contribution < 1.29 is 9.84 Å². The number of aliphatic hydroxyl groups is 1. The van der Waals surface area contributed by atoms with E-state index in [-0.39, 0.29) is 12.6 Å². The lowest BCUT2D eigenvalue weighted by molar-refractivity contribution is 0.177. The fourth-order valence-corrected chi connectivity index (χ4v) is 1.57. The molecule has 1 heterocycles. The quantitative estimate of drug-likeness (QED) is 0.663. The molecule has 1 fully saturated rings. The molecule has 0 aromatic heterocycles. The summed E-state index contributed by atoms with van der Waals surface area (Å²) in [7, 11) is 0. The molecule has 3 heteroatoms. The Bertz CT molecular complexity index is 133. The predicted octanol–water partition coefficient (Wildman–Crippen LogP) is 0.629. The van der Waals surface area contributed by atoms with Gasteiger partial charge >= 0.3 is 0 Å². The number of hydrogen-bond donors (Lipinski definition) is 2. The SMILES string of the molecule is CC(C)C(CO)NCC1CCOC1. The molecule has 2 atom stereocenters. The molecule has 0 spiro atoms. The van der Waals surface area contributed by atoms with Gasteiger partial charge in [-0.2, -0.15) is 0 Å². The zero-order valence-corrected chi connectivity index (χ0v) is 8.62. The topological polar surface area (TPSA) is 41.5 Å². The zero-order chi connectivity index (χ0) is 9.68. The van der Waals surface area contributed by atoms with Crippen molar-refractivity contribution in [1.82, 2.24) is 5.32 Å². The van der Waals surface area contributed by atoms with Crippen molar-refractivity contribution in [2.24, 2.45) is 11.8 Å². The Kier molecular flexibility index (Phi) is 4.70. The molecule has 1 saturated heterocycles. The fraction of sp³-hybridized carbons (Fsp3) is 1.00. The van der Waals surface area contributed by atoms with Gasteiger partial charge in [-0.1, -0.05) is 13.8 Å². The highest BCUT2D eigenvalue weighted by Crippen LogP contribution is 2.11. The van der Waals surface area contributed by atoms with Gasteiger partial charge in [0, 0.05) is 19.2 Å². The third kappa shape index (κ3) is 3.63. The minimum atomic E-state index is 0.227. The second kappa shape index (κ2) is 5.58. The van der Waals surface area contributed by atoms with Gasteiger partial charge in [0.1, 0.15) is 0 Å². The van der Waals surface area contributed by atoms with Gasteiger partial charge in [-0.3, -0.25) is 0 Å². The molecule has 1 rings (SSSR count). The van der Waals surface area contributed by atoms with Gasteiger partial charge in [0.15, 0.2) is 0 Å². The highest BCUT2D eigenvalue weighted by Gasteiger charge is 2.18. The molecule has 13 heavy (non-hydrogen) atoms. The van der Waals surface area contributed by atoms with Crippen LogP contribution in [0.5, 0.6) is 0 Å². The summed E-state index contributed by atoms with van der Waals surface area (Å²) in [5.74, 6) is 1.14. The van der Waals surface area contributed by atoms with Crippen LogP contribution in [0.2, 0.25) is 0 Å². The number of rotatable bonds is 5. The van der Waals surface area contributed by atoms with Gasteiger partial charge < -0.3 is 15.2 Å². The van der Waals surface area contributed by atoms with E-state index in [9.17, 15) is 0 Å². The summed E-state index contributed by atoms with van der Waals surface area (Å²) in [6.07, 6.45) is 1.16. The van der Waals surface area contributed by atoms with Crippen LogP contribution in [0.3, 0.4) is 0 Å². The Morgan fingerprint density at radius 1 is 1.54 bits per heavy atom. The first-order chi connectivity index (χ1) is 6.24. The normalized spacial score (nSPS) is 25.4. The Morgan fingerprint density at radius 2 is 2.31 bits per heavy atom. The van der Waals surface area contributed by atoms with Crippen LogP contribution >= 0.6 is 0 Å². The van der Waals surface area contributed by atoms with Crippen LogP contribution in [0.25, 0.3) is 0 Å². The molecule has 1 aliphatic rings. The van der Waals surface area contributed by atoms with E-state index in [0.29, 0.717) is 11.8 Å². The molecular weight excluding hydrogens is 166 g/mol. The van der Waals surface area contributed by atoms with Crippen molar-refractivity contribution >= 4 is 0 Å². The average molecular weight is 187 g/mol. The molecule has 0 radical (unpaired) electrons. The molecule has 0 bridgehead atoms. The van der Waals surface area contributed by atoms with Gasteiger partial charge in [0.25, 0.3) is 0 Å². The number of ether oxygens (including phenoxy) is 1. The van der Waals surface area contributed by atoms with Crippen molar-refractivity contribution in [2.45, 2.75) is 26.3 Å². The van der Waals surface area contributed by atoms with Crippen LogP contribution in [-0.2, 0) is 4.74 Å². The first-order valence-corrected chi connectivity index (χ1v) is 5.16. The Balaban J connectivity index is 2.15. The van der Waals surface area contributed by atoms with E-state index >= 15 is 0 Å². The summed E-state index contributed by atoms with van der Waals surface area (Å²) in [6.45, 7) is 7.23. The molecule has 78 valence electrons. The standard InChI is InChI=1S/C10H21NO2/c1-8(2)10(6-12)11-5-9-3-4-13-7-9/h8-12H,3-7H2,1-2H3. The first kappa shape index (κ1) is 11.0. The Labute approximate surface area is 80.5 Å². The molecule has 2 unspecified atom stereocenters. The van der Waals surface area contributed by atoms with Gasteiger partial charge in [0.05, 0.1) is 13.2 Å². The molecule has 0 saturated carbocycles. The summed E-state index contributed by atoms with van der Waals surface area (Å²) in [5.41, 5.74) is 0. The van der Waals surface area contributed by atoms with Crippen molar-refractivity contribution in [1.29, 1.82) is 0 Å². The summed E-state index contributed by atoms with van der Waals surface area (Å²) in [4.78, 5) is 0. The van der Waals surface area contributed by atoms with Crippen LogP contribution in [0.4, 0.5) is 0 Å². The smallest absolute Gasteiger partial charge is 0.0587 e. The summed E-state index contributed by atoms with van der Waals surface area (Å²) in [6, 6.07) is 0.237. The van der Waals surface area contributed by atoms with Gasteiger partial charge in [-0.05, 0) is 18.3 Å². The second-order valence-electron chi connectivity index (χ2n) is 4.17. The van der Waals surface area contributed by atoms with Crippen LogP contribution in [-0.4, -0.2) is 37.5 Å². The highest BCUT2D eigenvalue weighted by molar-refractivity contribution is 4.73. The minimum absolute atomic E-state index is 0.227. The first-order valence-electron chi connectivity index (χ1n) is 5.16. The van der Waals surface area contributed by atoms with Crippen LogP contribution in [0.15, 0.2) is 0 Å².